The van der Waals surface area contributed by atoms with Crippen LogP contribution in [0.5, 0.6) is 0 Å². The first kappa shape index (κ1) is 16.9. The average molecular weight is 287 g/mol. The van der Waals surface area contributed by atoms with E-state index in [2.05, 4.69) is 5.32 Å². The van der Waals surface area contributed by atoms with Crippen molar-refractivity contribution >= 4 is 11.8 Å². The second-order valence-electron chi connectivity index (χ2n) is 4.67. The third kappa shape index (κ3) is 5.85. The lowest BCUT2D eigenvalue weighted by Gasteiger charge is -2.22. The summed E-state index contributed by atoms with van der Waals surface area (Å²) in [5.41, 5.74) is 5.28. The molecule has 0 saturated carbocycles. The molecule has 2 amide bonds. The number of carbonyl (C=O) groups excluding carboxylic acids is 2. The molecular formula is C13H25N3O4. The molecule has 0 aromatic heterocycles. The Morgan fingerprint density at radius 3 is 2.60 bits per heavy atom. The molecule has 0 aromatic carbocycles. The highest BCUT2D eigenvalue weighted by Crippen LogP contribution is 2.17. The van der Waals surface area contributed by atoms with Gasteiger partial charge in [0.1, 0.15) is 6.04 Å². The number of nitrogens with zero attached hydrogens (tertiary/aromatic N) is 1. The fourth-order valence-corrected chi connectivity index (χ4v) is 2.19. The second kappa shape index (κ2) is 9.68. The summed E-state index contributed by atoms with van der Waals surface area (Å²) in [5, 5.41) is 2.79. The van der Waals surface area contributed by atoms with E-state index in [-0.39, 0.29) is 17.9 Å². The summed E-state index contributed by atoms with van der Waals surface area (Å²) in [5.74, 6) is -0.142. The fourth-order valence-electron chi connectivity index (χ4n) is 2.19. The summed E-state index contributed by atoms with van der Waals surface area (Å²) < 4.78 is 10.5. The minimum absolute atomic E-state index is 0.0454. The van der Waals surface area contributed by atoms with Crippen LogP contribution in [0.2, 0.25) is 0 Å². The van der Waals surface area contributed by atoms with Gasteiger partial charge in [-0.15, -0.1) is 0 Å². The molecule has 3 N–H and O–H groups in total. The van der Waals surface area contributed by atoms with Gasteiger partial charge in [0.05, 0.1) is 26.4 Å². The lowest BCUT2D eigenvalue weighted by Crippen LogP contribution is -2.45. The van der Waals surface area contributed by atoms with E-state index in [1.165, 1.54) is 6.92 Å². The van der Waals surface area contributed by atoms with Crippen molar-refractivity contribution in [3.05, 3.63) is 0 Å². The average Bonchev–Trinajstić information content (AvgIpc) is 2.91. The number of rotatable bonds is 9. The number of nitrogens with two attached hydrogens (primary N) is 1. The molecule has 1 aliphatic rings. The third-order valence-electron chi connectivity index (χ3n) is 3.14. The van der Waals surface area contributed by atoms with Crippen molar-refractivity contribution < 1.29 is 19.1 Å². The van der Waals surface area contributed by atoms with Crippen LogP contribution in [-0.2, 0) is 19.1 Å². The van der Waals surface area contributed by atoms with Crippen LogP contribution < -0.4 is 11.1 Å². The molecule has 20 heavy (non-hydrogen) atoms. The topological polar surface area (TPSA) is 93.9 Å². The third-order valence-corrected chi connectivity index (χ3v) is 3.14. The van der Waals surface area contributed by atoms with E-state index in [0.29, 0.717) is 46.1 Å². The summed E-state index contributed by atoms with van der Waals surface area (Å²) in [6, 6.07) is -0.319. The number of hydrogen-bond acceptors (Lipinski definition) is 5. The standard InChI is InChI=1S/C13H25N3O4/c1-11(17)16-6-2-3-12(16)13(18)15-5-8-20-10-9-19-7-4-14/h12H,2-10,14H2,1H3,(H,15,18). The monoisotopic (exact) mass is 287 g/mol. The zero-order chi connectivity index (χ0) is 14.8. The van der Waals surface area contributed by atoms with Crippen molar-refractivity contribution in [2.24, 2.45) is 5.73 Å². The Morgan fingerprint density at radius 2 is 1.95 bits per heavy atom. The van der Waals surface area contributed by atoms with Crippen molar-refractivity contribution in [2.45, 2.75) is 25.8 Å². The first-order chi connectivity index (χ1) is 9.66. The highest BCUT2D eigenvalue weighted by atomic mass is 16.5. The molecule has 1 aliphatic heterocycles. The van der Waals surface area contributed by atoms with Gasteiger partial charge in [-0.25, -0.2) is 0 Å². The lowest BCUT2D eigenvalue weighted by molar-refractivity contribution is -0.136. The summed E-state index contributed by atoms with van der Waals surface area (Å²) in [6.45, 7) is 5.07. The van der Waals surface area contributed by atoms with Gasteiger partial charge in [0.15, 0.2) is 0 Å². The molecule has 0 radical (unpaired) electrons. The van der Waals surface area contributed by atoms with Crippen molar-refractivity contribution in [1.29, 1.82) is 0 Å². The maximum atomic E-state index is 11.9. The molecule has 1 saturated heterocycles. The van der Waals surface area contributed by atoms with Crippen LogP contribution in [0, 0.1) is 0 Å². The second-order valence-corrected chi connectivity index (χ2v) is 4.67. The maximum Gasteiger partial charge on any atom is 0.242 e. The quantitative estimate of drug-likeness (QED) is 0.536. The first-order valence-corrected chi connectivity index (χ1v) is 7.07. The molecule has 1 unspecified atom stereocenters. The predicted molar refractivity (Wildman–Crippen MR) is 74.1 cm³/mol. The maximum absolute atomic E-state index is 11.9. The van der Waals surface area contributed by atoms with E-state index in [1.54, 1.807) is 4.90 Å². The largest absolute Gasteiger partial charge is 0.378 e. The van der Waals surface area contributed by atoms with Crippen LogP contribution >= 0.6 is 0 Å². The lowest BCUT2D eigenvalue weighted by atomic mass is 10.2. The Bertz CT molecular complexity index is 312. The highest BCUT2D eigenvalue weighted by molar-refractivity contribution is 5.87. The van der Waals surface area contributed by atoms with Gasteiger partial charge < -0.3 is 25.4 Å². The molecule has 1 rings (SSSR count). The van der Waals surface area contributed by atoms with E-state index < -0.39 is 0 Å². The van der Waals surface area contributed by atoms with Crippen LogP contribution in [0.15, 0.2) is 0 Å². The van der Waals surface area contributed by atoms with Crippen LogP contribution in [0.4, 0.5) is 0 Å². The van der Waals surface area contributed by atoms with Crippen LogP contribution in [0.25, 0.3) is 0 Å². The molecule has 7 nitrogen and oxygen atoms in total. The van der Waals surface area contributed by atoms with Gasteiger partial charge in [-0.3, -0.25) is 9.59 Å². The number of ether oxygens (including phenoxy) is 2. The normalized spacial score (nSPS) is 18.3. The van der Waals surface area contributed by atoms with Gasteiger partial charge in [-0.2, -0.15) is 0 Å². The van der Waals surface area contributed by atoms with E-state index in [0.717, 1.165) is 12.8 Å². The molecule has 116 valence electrons. The van der Waals surface area contributed by atoms with Crippen LogP contribution in [0.3, 0.4) is 0 Å². The zero-order valence-corrected chi connectivity index (χ0v) is 12.1. The Labute approximate surface area is 119 Å². The Balaban J connectivity index is 2.07. The van der Waals surface area contributed by atoms with Gasteiger partial charge in [0.2, 0.25) is 11.8 Å². The molecule has 0 bridgehead atoms. The number of carbonyl (C=O) groups is 2. The van der Waals surface area contributed by atoms with Gasteiger partial charge >= 0.3 is 0 Å². The smallest absolute Gasteiger partial charge is 0.242 e. The Kier molecular flexibility index (Phi) is 8.17. The predicted octanol–water partition coefficient (Wildman–Crippen LogP) is -0.895. The Hall–Kier alpha value is -1.18. The van der Waals surface area contributed by atoms with E-state index >= 15 is 0 Å². The van der Waals surface area contributed by atoms with E-state index in [4.69, 9.17) is 15.2 Å². The highest BCUT2D eigenvalue weighted by Gasteiger charge is 2.31. The van der Waals surface area contributed by atoms with Crippen molar-refractivity contribution in [1.82, 2.24) is 10.2 Å². The van der Waals surface area contributed by atoms with Gasteiger partial charge in [0, 0.05) is 26.6 Å². The molecule has 7 heteroatoms. The van der Waals surface area contributed by atoms with Gasteiger partial charge in [0.25, 0.3) is 0 Å². The molecule has 0 aromatic rings. The summed E-state index contributed by atoms with van der Waals surface area (Å²) in [7, 11) is 0. The minimum atomic E-state index is -0.319. The SMILES string of the molecule is CC(=O)N1CCCC1C(=O)NCCOCCOCCN. The van der Waals surface area contributed by atoms with Gasteiger partial charge in [-0.05, 0) is 12.8 Å². The minimum Gasteiger partial charge on any atom is -0.378 e. The Morgan fingerprint density at radius 1 is 1.25 bits per heavy atom. The van der Waals surface area contributed by atoms with Crippen molar-refractivity contribution in [3.8, 4) is 0 Å². The molecule has 1 atom stereocenters. The number of nitrogens with one attached hydrogen (secondary N) is 1. The van der Waals surface area contributed by atoms with Gasteiger partial charge in [-0.1, -0.05) is 0 Å². The van der Waals surface area contributed by atoms with Crippen LogP contribution in [-0.4, -0.2) is 68.8 Å². The van der Waals surface area contributed by atoms with Crippen LogP contribution in [0.1, 0.15) is 19.8 Å². The molecule has 1 heterocycles. The fraction of sp³-hybridized carbons (Fsp3) is 0.846. The summed E-state index contributed by atoms with van der Waals surface area (Å²) in [6.07, 6.45) is 1.62. The number of hydrogen-bond donors (Lipinski definition) is 2. The molecule has 0 spiro atoms. The van der Waals surface area contributed by atoms with E-state index in [1.807, 2.05) is 0 Å². The summed E-state index contributed by atoms with van der Waals surface area (Å²) in [4.78, 5) is 24.9. The molecular weight excluding hydrogens is 262 g/mol. The zero-order valence-electron chi connectivity index (χ0n) is 12.1. The number of likely N-dealkylation sites (tertiary alicyclic amines) is 1. The van der Waals surface area contributed by atoms with E-state index in [9.17, 15) is 9.59 Å². The van der Waals surface area contributed by atoms with Crippen molar-refractivity contribution in [3.63, 3.8) is 0 Å². The number of amides is 2. The summed E-state index contributed by atoms with van der Waals surface area (Å²) >= 11 is 0. The molecule has 1 fully saturated rings. The molecule has 0 aliphatic carbocycles. The first-order valence-electron chi connectivity index (χ1n) is 7.07. The van der Waals surface area contributed by atoms with Crippen molar-refractivity contribution in [2.75, 3.05) is 46.1 Å².